The van der Waals surface area contributed by atoms with Gasteiger partial charge in [0.1, 0.15) is 78.7 Å². The van der Waals surface area contributed by atoms with Crippen molar-refractivity contribution in [2.45, 2.75) is 112 Å². The molecule has 0 radical (unpaired) electrons. The molecular weight excluding hydrogens is 1230 g/mol. The van der Waals surface area contributed by atoms with Crippen LogP contribution in [0.15, 0.2) is 29.7 Å². The van der Waals surface area contributed by atoms with Gasteiger partial charge in [-0.05, 0) is 6.07 Å². The zero-order valence-corrected chi connectivity index (χ0v) is 47.4. The number of carbonyl (C=O) groups excluding carboxylic acids is 3. The third-order valence-corrected chi connectivity index (χ3v) is 17.4. The van der Waals surface area contributed by atoms with E-state index in [-0.39, 0.29) is 46.9 Å². The number of nitrogens with zero attached hydrogens (tertiary/aromatic N) is 6. The average Bonchev–Trinajstić information content (AvgIpc) is 2.70. The second kappa shape index (κ2) is 27.4. The minimum Gasteiger partial charge on any atom is -0.394 e. The third kappa shape index (κ3) is 17.4. The molecule has 0 bridgehead atoms. The van der Waals surface area contributed by atoms with E-state index >= 15 is 0 Å². The topological polar surface area (TPSA) is 620 Å². The number of aromatic nitrogens is 6. The summed E-state index contributed by atoms with van der Waals surface area (Å²) in [6.45, 7) is -2.97. The molecule has 3 saturated heterocycles. The number of imidazole rings is 1. The molecule has 6 heterocycles. The van der Waals surface area contributed by atoms with Crippen molar-refractivity contribution in [2.24, 2.45) is 5.41 Å². The summed E-state index contributed by atoms with van der Waals surface area (Å²) in [5.41, 5.74) is 8.47. The Labute approximate surface area is 470 Å². The van der Waals surface area contributed by atoms with Gasteiger partial charge in [0, 0.05) is 43.3 Å². The first-order valence-corrected chi connectivity index (χ1v) is 30.9. The van der Waals surface area contributed by atoms with Gasteiger partial charge in [-0.15, -0.1) is 0 Å². The summed E-state index contributed by atoms with van der Waals surface area (Å²) in [5, 5.41) is 87.2. The van der Waals surface area contributed by atoms with E-state index in [4.69, 9.17) is 43.8 Å². The number of hydrogen-bond donors (Lipinski definition) is 17. The monoisotopic (exact) mass is 1290 g/mol. The van der Waals surface area contributed by atoms with Crippen molar-refractivity contribution >= 4 is 82.8 Å². The molecule has 2 amide bonds. The zero-order chi connectivity index (χ0) is 61.8. The first-order valence-electron chi connectivity index (χ1n) is 23.9. The van der Waals surface area contributed by atoms with Crippen LogP contribution in [0.4, 0.5) is 11.6 Å². The Hall–Kier alpha value is -3.97. The number of fused-ring (bicyclic) bond motifs is 1. The maximum absolute atomic E-state index is 13.8. The second-order valence-corrected chi connectivity index (χ2v) is 25.7. The van der Waals surface area contributed by atoms with Gasteiger partial charge in [-0.3, -0.25) is 41.6 Å². The standard InChI is InChI=1S/C38H60N10O30P4S/c1-37(2,13-72-82(68,69)78-81(66,67)71-12-19-28(76-79(61,62)63)26(56)34(74-19)48-15-45-22-30(40)43-14-44-31(22)48)29(57)32(58)42-5-3-21(52)41-6-8-83-35(59)38(9-16(50)23(53)27(75-38)17(51)10-49)77-80(64,65)70-11-18-24(54)25(55)33(73-18)47-7-4-20(39)46-36(47)60/h4,7,14-19,23-29,33-34,49-51,53-57H,3,5-6,8-13H2,1-2H3,(H,41,52)(H,42,58)(H,64,65)(H,66,67)(H,68,69)(H2,39,46,60)(H2,40,43,44)(H2,61,62,63). The van der Waals surface area contributed by atoms with Crippen molar-refractivity contribution in [3.05, 3.63) is 35.4 Å². The van der Waals surface area contributed by atoms with Crippen LogP contribution in [-0.2, 0) is 73.8 Å². The van der Waals surface area contributed by atoms with Gasteiger partial charge in [-0.2, -0.15) is 9.29 Å². The molecule has 3 aliphatic heterocycles. The average molecular weight is 1290 g/mol. The van der Waals surface area contributed by atoms with Crippen molar-refractivity contribution in [2.75, 3.05) is 56.7 Å². The predicted octanol–water partition coefficient (Wildman–Crippen LogP) is -6.18. The molecule has 40 nitrogen and oxygen atoms in total. The summed E-state index contributed by atoms with van der Waals surface area (Å²) in [4.78, 5) is 117. The molecule has 19 N–H and O–H groups in total. The molecule has 0 saturated carbocycles. The maximum atomic E-state index is 13.8. The van der Waals surface area contributed by atoms with Gasteiger partial charge in [0.25, 0.3) is 5.79 Å². The Morgan fingerprint density at radius 1 is 0.855 bits per heavy atom. The number of nitrogen functional groups attached to an aromatic ring is 2. The van der Waals surface area contributed by atoms with Crippen LogP contribution in [0.25, 0.3) is 11.2 Å². The van der Waals surface area contributed by atoms with Crippen LogP contribution in [0, 0.1) is 5.41 Å². The fraction of sp³-hybridized carbons (Fsp3) is 0.684. The molecule has 0 spiro atoms. The Morgan fingerprint density at radius 3 is 2.16 bits per heavy atom. The van der Waals surface area contributed by atoms with E-state index in [0.717, 1.165) is 41.8 Å². The number of carbonyl (C=O) groups is 3. The van der Waals surface area contributed by atoms with Crippen molar-refractivity contribution < 1.29 is 139 Å². The summed E-state index contributed by atoms with van der Waals surface area (Å²) < 4.78 is 97.7. The summed E-state index contributed by atoms with van der Waals surface area (Å²) in [7, 11) is -22.4. The maximum Gasteiger partial charge on any atom is 0.481 e. The van der Waals surface area contributed by atoms with Crippen LogP contribution in [-0.4, -0.2) is 230 Å². The number of phosphoric ester groups is 4. The molecule has 83 heavy (non-hydrogen) atoms. The molecule has 6 rings (SSSR count). The van der Waals surface area contributed by atoms with Gasteiger partial charge >= 0.3 is 37.0 Å². The molecule has 3 fully saturated rings. The van der Waals surface area contributed by atoms with Crippen LogP contribution in [0.3, 0.4) is 0 Å². The quantitative estimate of drug-likeness (QED) is 0.0238. The van der Waals surface area contributed by atoms with E-state index in [2.05, 4.69) is 39.4 Å². The highest BCUT2D eigenvalue weighted by atomic mass is 32.2. The number of hydrogen-bond acceptors (Lipinski definition) is 32. The van der Waals surface area contributed by atoms with E-state index in [1.807, 2.05) is 0 Å². The van der Waals surface area contributed by atoms with Gasteiger partial charge in [-0.25, -0.2) is 42.5 Å². The van der Waals surface area contributed by atoms with Crippen molar-refractivity contribution in [3.8, 4) is 0 Å². The van der Waals surface area contributed by atoms with Crippen molar-refractivity contribution in [3.63, 3.8) is 0 Å². The first kappa shape index (κ1) is 68.1. The summed E-state index contributed by atoms with van der Waals surface area (Å²) >= 11 is 0.266. The molecule has 17 unspecified atom stereocenters. The fourth-order valence-corrected chi connectivity index (χ4v) is 12.7. The number of nitrogens with one attached hydrogen (secondary N) is 2. The van der Waals surface area contributed by atoms with Crippen LogP contribution in [0.2, 0.25) is 0 Å². The lowest BCUT2D eigenvalue weighted by atomic mass is 9.87. The summed E-state index contributed by atoms with van der Waals surface area (Å²) in [6, 6.07) is 1.17. The number of rotatable bonds is 28. The van der Waals surface area contributed by atoms with Gasteiger partial charge in [0.05, 0.1) is 38.9 Å². The minimum atomic E-state index is -5.70. The largest absolute Gasteiger partial charge is 0.481 e. The number of phosphoric acid groups is 4. The van der Waals surface area contributed by atoms with E-state index < -0.39 is 191 Å². The smallest absolute Gasteiger partial charge is 0.394 e. The van der Waals surface area contributed by atoms with E-state index in [0.29, 0.717) is 0 Å². The lowest BCUT2D eigenvalue weighted by Gasteiger charge is -2.44. The number of ether oxygens (including phenoxy) is 3. The number of aliphatic hydroxyl groups excluding tert-OH is 8. The molecule has 3 aromatic heterocycles. The SMILES string of the molecule is CC(C)(COP(=O)(O)OP(=O)(O)OCC1OC(n2cnc3c(N)ncnc32)C(O)C1OP(=O)(O)O)C(O)C(=O)NCCC(=O)NCCSC(=O)C1(OP(=O)(O)OCC2OC(n3ccc(N)nc3=O)C(O)C2O)CC(O)C(O)C(C(O)CO)O1. The Kier molecular flexibility index (Phi) is 22.5. The van der Waals surface area contributed by atoms with Crippen LogP contribution in [0.1, 0.15) is 39.1 Å². The number of thioether (sulfide) groups is 1. The zero-order valence-electron chi connectivity index (χ0n) is 43.0. The van der Waals surface area contributed by atoms with Crippen LogP contribution in [0.5, 0.6) is 0 Å². The highest BCUT2D eigenvalue weighted by Gasteiger charge is 2.58. The first-order chi connectivity index (χ1) is 38.5. The molecule has 3 aliphatic rings. The lowest BCUT2D eigenvalue weighted by Crippen LogP contribution is -2.62. The molecule has 0 aliphatic carbocycles. The Bertz CT molecular complexity index is 3050. The minimum absolute atomic E-state index is 0.0217. The van der Waals surface area contributed by atoms with Crippen LogP contribution >= 0.6 is 43.1 Å². The number of amides is 2. The van der Waals surface area contributed by atoms with Gasteiger partial charge in [0.15, 0.2) is 23.9 Å². The van der Waals surface area contributed by atoms with Gasteiger partial charge < -0.3 is 102 Å². The summed E-state index contributed by atoms with van der Waals surface area (Å²) in [6.07, 6.45) is -22.8. The Morgan fingerprint density at radius 2 is 1.49 bits per heavy atom. The number of aliphatic hydroxyl groups is 8. The highest BCUT2D eigenvalue weighted by molar-refractivity contribution is 8.13. The second-order valence-electron chi connectivity index (χ2n) is 19.0. The van der Waals surface area contributed by atoms with Crippen molar-refractivity contribution in [1.29, 1.82) is 0 Å². The van der Waals surface area contributed by atoms with E-state index in [9.17, 15) is 103 Å². The molecule has 468 valence electrons. The molecule has 0 aromatic carbocycles. The molecule has 17 atom stereocenters. The highest BCUT2D eigenvalue weighted by Crippen LogP contribution is 2.61. The van der Waals surface area contributed by atoms with E-state index in [1.54, 1.807) is 0 Å². The molecule has 45 heteroatoms. The number of nitrogens with two attached hydrogens (primary N) is 2. The summed E-state index contributed by atoms with van der Waals surface area (Å²) in [5.74, 6) is -5.65. The van der Waals surface area contributed by atoms with E-state index in [1.165, 1.54) is 6.07 Å². The molecular formula is C38H60N10O30P4S. The predicted molar refractivity (Wildman–Crippen MR) is 270 cm³/mol. The third-order valence-electron chi connectivity index (χ3n) is 12.3. The fourth-order valence-electron chi connectivity index (χ4n) is 8.07. The Balaban J connectivity index is 0.956. The normalized spacial score (nSPS) is 29.8. The molecule has 3 aromatic rings. The van der Waals surface area contributed by atoms with Gasteiger partial charge in [0.2, 0.25) is 16.9 Å². The van der Waals surface area contributed by atoms with Crippen LogP contribution < -0.4 is 27.8 Å². The van der Waals surface area contributed by atoms with Crippen molar-refractivity contribution in [1.82, 2.24) is 39.7 Å². The lowest BCUT2D eigenvalue weighted by molar-refractivity contribution is -0.291. The van der Waals surface area contributed by atoms with Gasteiger partial charge in [-0.1, -0.05) is 25.6 Å². The number of anilines is 2.